The van der Waals surface area contributed by atoms with E-state index in [-0.39, 0.29) is 0 Å². The Balaban J connectivity index is 1.88. The van der Waals surface area contributed by atoms with Gasteiger partial charge >= 0.3 is 0 Å². The van der Waals surface area contributed by atoms with Gasteiger partial charge in [-0.2, -0.15) is 0 Å². The van der Waals surface area contributed by atoms with Gasteiger partial charge < -0.3 is 10.1 Å². The maximum Gasteiger partial charge on any atom is 0.133 e. The Bertz CT molecular complexity index is 353. The molecule has 0 unspecified atom stereocenters. The minimum absolute atomic E-state index is 0.670. The first-order valence-electron chi connectivity index (χ1n) is 5.54. The largest absolute Gasteiger partial charge is 0.492 e. The summed E-state index contributed by atoms with van der Waals surface area (Å²) in [5, 5.41) is 4.07. The van der Waals surface area contributed by atoms with Crippen LogP contribution in [0.2, 0.25) is 5.02 Å². The maximum atomic E-state index is 5.87. The first-order valence-corrected chi connectivity index (χ1v) is 6.71. The van der Waals surface area contributed by atoms with E-state index in [1.807, 2.05) is 18.2 Å². The summed E-state index contributed by atoms with van der Waals surface area (Å²) in [5.74, 6) is 1.55. The SMILES string of the molecule is Clc1ccc(OCC2CCNCC2)c(Br)c1. The van der Waals surface area contributed by atoms with E-state index in [1.54, 1.807) is 0 Å². The Hall–Kier alpha value is -0.250. The van der Waals surface area contributed by atoms with Crippen molar-refractivity contribution in [2.24, 2.45) is 5.92 Å². The lowest BCUT2D eigenvalue weighted by Crippen LogP contribution is -2.30. The third-order valence-electron chi connectivity index (χ3n) is 2.83. The number of nitrogens with one attached hydrogen (secondary N) is 1. The van der Waals surface area contributed by atoms with E-state index >= 15 is 0 Å². The molecule has 1 aromatic rings. The second kappa shape index (κ2) is 5.89. The molecule has 0 atom stereocenters. The second-order valence-corrected chi connectivity index (χ2v) is 5.37. The average molecular weight is 305 g/mol. The molecular formula is C12H15BrClNO. The molecule has 1 aromatic carbocycles. The molecule has 16 heavy (non-hydrogen) atoms. The molecule has 0 saturated carbocycles. The summed E-state index contributed by atoms with van der Waals surface area (Å²) in [6.07, 6.45) is 2.40. The number of halogens is 2. The molecule has 0 amide bonds. The van der Waals surface area contributed by atoms with Gasteiger partial charge in [0.2, 0.25) is 0 Å². The molecule has 2 nitrogen and oxygen atoms in total. The molecule has 0 aliphatic carbocycles. The van der Waals surface area contributed by atoms with E-state index in [0.29, 0.717) is 5.92 Å². The molecular weight excluding hydrogens is 289 g/mol. The van der Waals surface area contributed by atoms with Gasteiger partial charge in [-0.25, -0.2) is 0 Å². The van der Waals surface area contributed by atoms with Crippen molar-refractivity contribution in [3.05, 3.63) is 27.7 Å². The minimum Gasteiger partial charge on any atom is -0.492 e. The summed E-state index contributed by atoms with van der Waals surface area (Å²) in [5.41, 5.74) is 0. The zero-order valence-electron chi connectivity index (χ0n) is 9.01. The smallest absolute Gasteiger partial charge is 0.133 e. The summed E-state index contributed by atoms with van der Waals surface area (Å²) in [6, 6.07) is 5.62. The second-order valence-electron chi connectivity index (χ2n) is 4.08. The van der Waals surface area contributed by atoms with Gasteiger partial charge in [0, 0.05) is 5.02 Å². The van der Waals surface area contributed by atoms with Crippen LogP contribution < -0.4 is 10.1 Å². The lowest BCUT2D eigenvalue weighted by atomic mass is 9.99. The number of ether oxygens (including phenoxy) is 1. The van der Waals surface area contributed by atoms with Gasteiger partial charge in [0.05, 0.1) is 11.1 Å². The van der Waals surface area contributed by atoms with Crippen LogP contribution in [0.25, 0.3) is 0 Å². The molecule has 0 radical (unpaired) electrons. The van der Waals surface area contributed by atoms with Crippen molar-refractivity contribution >= 4 is 27.5 Å². The van der Waals surface area contributed by atoms with Crippen LogP contribution in [0.1, 0.15) is 12.8 Å². The van der Waals surface area contributed by atoms with E-state index < -0.39 is 0 Å². The highest BCUT2D eigenvalue weighted by Gasteiger charge is 2.14. The molecule has 1 fully saturated rings. The molecule has 1 aliphatic rings. The van der Waals surface area contributed by atoms with Gasteiger partial charge in [-0.3, -0.25) is 0 Å². The van der Waals surface area contributed by atoms with Gasteiger partial charge in [0.1, 0.15) is 5.75 Å². The van der Waals surface area contributed by atoms with Crippen molar-refractivity contribution in [3.63, 3.8) is 0 Å². The van der Waals surface area contributed by atoms with Crippen molar-refractivity contribution in [2.45, 2.75) is 12.8 Å². The molecule has 0 aromatic heterocycles. The van der Waals surface area contributed by atoms with Crippen molar-refractivity contribution in [1.82, 2.24) is 5.32 Å². The Morgan fingerprint density at radius 3 is 2.81 bits per heavy atom. The number of benzene rings is 1. The van der Waals surface area contributed by atoms with E-state index in [0.717, 1.165) is 34.9 Å². The molecule has 1 saturated heterocycles. The highest BCUT2D eigenvalue weighted by molar-refractivity contribution is 9.10. The Morgan fingerprint density at radius 2 is 2.12 bits per heavy atom. The molecule has 1 N–H and O–H groups in total. The zero-order chi connectivity index (χ0) is 11.4. The van der Waals surface area contributed by atoms with Gasteiger partial charge in [-0.15, -0.1) is 0 Å². The van der Waals surface area contributed by atoms with Gasteiger partial charge in [0.15, 0.2) is 0 Å². The van der Waals surface area contributed by atoms with Crippen LogP contribution in [-0.2, 0) is 0 Å². The van der Waals surface area contributed by atoms with Gasteiger partial charge in [-0.05, 0) is 66.0 Å². The number of rotatable bonds is 3. The fourth-order valence-corrected chi connectivity index (χ4v) is 2.65. The van der Waals surface area contributed by atoms with Crippen LogP contribution in [-0.4, -0.2) is 19.7 Å². The fourth-order valence-electron chi connectivity index (χ4n) is 1.85. The lowest BCUT2D eigenvalue weighted by Gasteiger charge is -2.22. The fraction of sp³-hybridized carbons (Fsp3) is 0.500. The predicted molar refractivity (Wildman–Crippen MR) is 70.2 cm³/mol. The maximum absolute atomic E-state index is 5.87. The number of hydrogen-bond acceptors (Lipinski definition) is 2. The van der Waals surface area contributed by atoms with Crippen molar-refractivity contribution in [3.8, 4) is 5.75 Å². The number of piperidine rings is 1. The van der Waals surface area contributed by atoms with Crippen LogP contribution in [0, 0.1) is 5.92 Å². The Labute approximate surface area is 109 Å². The third kappa shape index (κ3) is 3.37. The van der Waals surface area contributed by atoms with Crippen LogP contribution >= 0.6 is 27.5 Å². The van der Waals surface area contributed by atoms with Crippen LogP contribution in [0.5, 0.6) is 5.75 Å². The topological polar surface area (TPSA) is 21.3 Å². The average Bonchev–Trinajstić information content (AvgIpc) is 2.29. The van der Waals surface area contributed by atoms with Crippen LogP contribution in [0.15, 0.2) is 22.7 Å². The Kier molecular flexibility index (Phi) is 4.50. The third-order valence-corrected chi connectivity index (χ3v) is 3.68. The summed E-state index contributed by atoms with van der Waals surface area (Å²) >= 11 is 9.32. The van der Waals surface area contributed by atoms with Crippen LogP contribution in [0.4, 0.5) is 0 Å². The molecule has 4 heteroatoms. The van der Waals surface area contributed by atoms with E-state index in [2.05, 4.69) is 21.2 Å². The lowest BCUT2D eigenvalue weighted by molar-refractivity contribution is 0.214. The molecule has 0 spiro atoms. The Morgan fingerprint density at radius 1 is 1.38 bits per heavy atom. The highest BCUT2D eigenvalue weighted by atomic mass is 79.9. The molecule has 1 heterocycles. The summed E-state index contributed by atoms with van der Waals surface area (Å²) < 4.78 is 6.72. The molecule has 0 bridgehead atoms. The highest BCUT2D eigenvalue weighted by Crippen LogP contribution is 2.28. The molecule has 88 valence electrons. The first-order chi connectivity index (χ1) is 7.75. The monoisotopic (exact) mass is 303 g/mol. The number of hydrogen-bond donors (Lipinski definition) is 1. The van der Waals surface area contributed by atoms with E-state index in [4.69, 9.17) is 16.3 Å². The predicted octanol–water partition coefficient (Wildman–Crippen LogP) is 3.48. The van der Waals surface area contributed by atoms with Crippen molar-refractivity contribution in [1.29, 1.82) is 0 Å². The molecule has 1 aliphatic heterocycles. The quantitative estimate of drug-likeness (QED) is 0.923. The van der Waals surface area contributed by atoms with Crippen molar-refractivity contribution < 1.29 is 4.74 Å². The van der Waals surface area contributed by atoms with Crippen molar-refractivity contribution in [2.75, 3.05) is 19.7 Å². The van der Waals surface area contributed by atoms with E-state index in [9.17, 15) is 0 Å². The standard InChI is InChI=1S/C12H15BrClNO/c13-11-7-10(14)1-2-12(11)16-8-9-3-5-15-6-4-9/h1-2,7,9,15H,3-6,8H2. The van der Waals surface area contributed by atoms with E-state index in [1.165, 1.54) is 12.8 Å². The minimum atomic E-state index is 0.670. The zero-order valence-corrected chi connectivity index (χ0v) is 11.4. The normalized spacial score (nSPS) is 17.4. The summed E-state index contributed by atoms with van der Waals surface area (Å²) in [7, 11) is 0. The summed E-state index contributed by atoms with van der Waals surface area (Å²) in [6.45, 7) is 3.01. The van der Waals surface area contributed by atoms with Gasteiger partial charge in [-0.1, -0.05) is 11.6 Å². The van der Waals surface area contributed by atoms with Gasteiger partial charge in [0.25, 0.3) is 0 Å². The first kappa shape index (κ1) is 12.2. The molecule has 2 rings (SSSR count). The van der Waals surface area contributed by atoms with Crippen LogP contribution in [0.3, 0.4) is 0 Å². The summed E-state index contributed by atoms with van der Waals surface area (Å²) in [4.78, 5) is 0.